The van der Waals surface area contributed by atoms with E-state index in [9.17, 15) is 5.26 Å². The molecule has 3 nitrogen and oxygen atoms in total. The van der Waals surface area contributed by atoms with Crippen molar-refractivity contribution in [3.05, 3.63) is 23.4 Å². The standard InChI is InChI=1S/C14H23N3/c1-3-16-10-6-5-8-13(12-15)14-9-7-11-17(14)4-2/h8-9,16H,3-7,10-11H2,1-2H3. The van der Waals surface area contributed by atoms with Gasteiger partial charge in [0, 0.05) is 13.1 Å². The Bertz CT molecular complexity index is 323. The maximum Gasteiger partial charge on any atom is 0.101 e. The van der Waals surface area contributed by atoms with Crippen LogP contribution in [0, 0.1) is 11.3 Å². The minimum atomic E-state index is 0.848. The largest absolute Gasteiger partial charge is 0.371 e. The van der Waals surface area contributed by atoms with Gasteiger partial charge in [-0.2, -0.15) is 5.26 Å². The van der Waals surface area contributed by atoms with Gasteiger partial charge < -0.3 is 10.2 Å². The van der Waals surface area contributed by atoms with Crippen LogP contribution in [0.5, 0.6) is 0 Å². The smallest absolute Gasteiger partial charge is 0.101 e. The topological polar surface area (TPSA) is 39.1 Å². The number of nitrogens with zero attached hydrogens (tertiary/aromatic N) is 2. The number of hydrogen-bond donors (Lipinski definition) is 1. The van der Waals surface area contributed by atoms with Crippen LogP contribution in [0.25, 0.3) is 0 Å². The molecule has 0 amide bonds. The molecule has 17 heavy (non-hydrogen) atoms. The highest BCUT2D eigenvalue weighted by atomic mass is 15.1. The van der Waals surface area contributed by atoms with Crippen LogP contribution in [0.1, 0.15) is 33.1 Å². The van der Waals surface area contributed by atoms with Crippen LogP contribution in [0.4, 0.5) is 0 Å². The molecule has 1 rings (SSSR count). The van der Waals surface area contributed by atoms with Gasteiger partial charge in [0.15, 0.2) is 0 Å². The summed E-state index contributed by atoms with van der Waals surface area (Å²) in [6.07, 6.45) is 7.41. The first-order valence-electron chi connectivity index (χ1n) is 6.59. The lowest BCUT2D eigenvalue weighted by molar-refractivity contribution is 0.405. The van der Waals surface area contributed by atoms with Crippen molar-refractivity contribution in [3.8, 4) is 6.07 Å². The Morgan fingerprint density at radius 2 is 2.41 bits per heavy atom. The molecule has 0 saturated carbocycles. The van der Waals surface area contributed by atoms with Crippen molar-refractivity contribution in [3.63, 3.8) is 0 Å². The Labute approximate surface area is 105 Å². The van der Waals surface area contributed by atoms with E-state index < -0.39 is 0 Å². The normalized spacial score (nSPS) is 15.9. The van der Waals surface area contributed by atoms with Crippen LogP contribution in [0.3, 0.4) is 0 Å². The second kappa shape index (κ2) is 7.92. The molecule has 0 fully saturated rings. The van der Waals surface area contributed by atoms with Crippen LogP contribution in [-0.2, 0) is 0 Å². The molecule has 0 aromatic carbocycles. The Balaban J connectivity index is 2.48. The maximum absolute atomic E-state index is 9.20. The Kier molecular flexibility index (Phi) is 6.42. The third-order valence-corrected chi connectivity index (χ3v) is 3.01. The maximum atomic E-state index is 9.20. The molecule has 94 valence electrons. The number of unbranched alkanes of at least 4 members (excludes halogenated alkanes) is 1. The van der Waals surface area contributed by atoms with Gasteiger partial charge in [-0.3, -0.25) is 0 Å². The molecule has 0 aromatic heterocycles. The van der Waals surface area contributed by atoms with Gasteiger partial charge in [-0.05, 0) is 39.3 Å². The average molecular weight is 233 g/mol. The monoisotopic (exact) mass is 233 g/mol. The highest BCUT2D eigenvalue weighted by Gasteiger charge is 2.16. The molecule has 1 aliphatic heterocycles. The number of hydrogen-bond acceptors (Lipinski definition) is 3. The van der Waals surface area contributed by atoms with Gasteiger partial charge in [0.1, 0.15) is 6.07 Å². The molecule has 0 aromatic rings. The molecule has 0 atom stereocenters. The summed E-state index contributed by atoms with van der Waals surface area (Å²) in [4.78, 5) is 2.28. The quantitative estimate of drug-likeness (QED) is 0.542. The summed E-state index contributed by atoms with van der Waals surface area (Å²) in [5.74, 6) is 0. The van der Waals surface area contributed by atoms with Crippen LogP contribution < -0.4 is 5.32 Å². The van der Waals surface area contributed by atoms with Gasteiger partial charge in [-0.15, -0.1) is 0 Å². The minimum absolute atomic E-state index is 0.848. The summed E-state index contributed by atoms with van der Waals surface area (Å²) in [5, 5.41) is 12.5. The second-order valence-corrected chi connectivity index (χ2v) is 4.18. The van der Waals surface area contributed by atoms with Crippen molar-refractivity contribution < 1.29 is 0 Å². The zero-order valence-corrected chi connectivity index (χ0v) is 11.0. The lowest BCUT2D eigenvalue weighted by Gasteiger charge is -2.19. The molecular weight excluding hydrogens is 210 g/mol. The first-order chi connectivity index (χ1) is 8.33. The molecule has 0 bridgehead atoms. The zero-order chi connectivity index (χ0) is 12.5. The van der Waals surface area contributed by atoms with E-state index in [1.165, 1.54) is 0 Å². The van der Waals surface area contributed by atoms with Gasteiger partial charge in [0.05, 0.1) is 11.3 Å². The molecule has 1 aliphatic rings. The summed E-state index contributed by atoms with van der Waals surface area (Å²) >= 11 is 0. The summed E-state index contributed by atoms with van der Waals surface area (Å²) in [6, 6.07) is 2.33. The van der Waals surface area contributed by atoms with E-state index in [1.54, 1.807) is 0 Å². The van der Waals surface area contributed by atoms with Crippen molar-refractivity contribution in [2.75, 3.05) is 26.2 Å². The Morgan fingerprint density at radius 3 is 3.06 bits per heavy atom. The van der Waals surface area contributed by atoms with Crippen LogP contribution in [-0.4, -0.2) is 31.1 Å². The van der Waals surface area contributed by atoms with E-state index in [0.29, 0.717) is 0 Å². The first kappa shape index (κ1) is 13.8. The summed E-state index contributed by atoms with van der Waals surface area (Å²) in [6.45, 7) is 8.34. The molecule has 0 spiro atoms. The molecule has 1 N–H and O–H groups in total. The highest BCUT2D eigenvalue weighted by molar-refractivity contribution is 5.42. The van der Waals surface area contributed by atoms with E-state index in [0.717, 1.165) is 56.7 Å². The molecule has 3 heteroatoms. The first-order valence-corrected chi connectivity index (χ1v) is 6.59. The molecule has 0 aliphatic carbocycles. The zero-order valence-electron chi connectivity index (χ0n) is 11.0. The second-order valence-electron chi connectivity index (χ2n) is 4.18. The predicted molar refractivity (Wildman–Crippen MR) is 71.4 cm³/mol. The van der Waals surface area contributed by atoms with Crippen molar-refractivity contribution in [2.24, 2.45) is 0 Å². The van der Waals surface area contributed by atoms with E-state index in [-0.39, 0.29) is 0 Å². The Hall–Kier alpha value is -1.27. The van der Waals surface area contributed by atoms with Crippen LogP contribution in [0.15, 0.2) is 23.4 Å². The van der Waals surface area contributed by atoms with Gasteiger partial charge in [0.25, 0.3) is 0 Å². The summed E-state index contributed by atoms with van der Waals surface area (Å²) in [5.41, 5.74) is 1.99. The number of likely N-dealkylation sites (N-methyl/N-ethyl adjacent to an activating group) is 1. The molecule has 0 unspecified atom stereocenters. The number of rotatable bonds is 7. The molecule has 0 saturated heterocycles. The fourth-order valence-corrected chi connectivity index (χ4v) is 2.07. The average Bonchev–Trinajstić information content (AvgIpc) is 2.82. The van der Waals surface area contributed by atoms with Crippen molar-refractivity contribution >= 4 is 0 Å². The minimum Gasteiger partial charge on any atom is -0.371 e. The summed E-state index contributed by atoms with van der Waals surface area (Å²) in [7, 11) is 0. The lowest BCUT2D eigenvalue weighted by atomic mass is 10.1. The number of allylic oxidation sites excluding steroid dienone is 2. The third kappa shape index (κ3) is 4.24. The van der Waals surface area contributed by atoms with E-state index in [1.807, 2.05) is 0 Å². The fraction of sp³-hybridized carbons (Fsp3) is 0.643. The van der Waals surface area contributed by atoms with Crippen molar-refractivity contribution in [2.45, 2.75) is 33.1 Å². The molecule has 1 heterocycles. The van der Waals surface area contributed by atoms with Gasteiger partial charge in [-0.1, -0.05) is 19.1 Å². The highest BCUT2D eigenvalue weighted by Crippen LogP contribution is 2.22. The number of nitrogens with one attached hydrogen (secondary N) is 1. The summed E-state index contributed by atoms with van der Waals surface area (Å²) < 4.78 is 0. The molecule has 0 radical (unpaired) electrons. The van der Waals surface area contributed by atoms with E-state index in [4.69, 9.17) is 0 Å². The lowest BCUT2D eigenvalue weighted by Crippen LogP contribution is -2.19. The SMILES string of the molecule is CCNCCCC=C(C#N)C1=CCCN1CC. The van der Waals surface area contributed by atoms with Gasteiger partial charge in [-0.25, -0.2) is 0 Å². The predicted octanol–water partition coefficient (Wildman–Crippen LogP) is 2.44. The van der Waals surface area contributed by atoms with Crippen molar-refractivity contribution in [1.82, 2.24) is 10.2 Å². The van der Waals surface area contributed by atoms with Crippen LogP contribution in [0.2, 0.25) is 0 Å². The third-order valence-electron chi connectivity index (χ3n) is 3.01. The van der Waals surface area contributed by atoms with E-state index in [2.05, 4.69) is 42.3 Å². The molecular formula is C14H23N3. The van der Waals surface area contributed by atoms with E-state index >= 15 is 0 Å². The van der Waals surface area contributed by atoms with Crippen LogP contribution >= 0.6 is 0 Å². The van der Waals surface area contributed by atoms with Crippen molar-refractivity contribution in [1.29, 1.82) is 5.26 Å². The number of nitriles is 1. The fourth-order valence-electron chi connectivity index (χ4n) is 2.07. The van der Waals surface area contributed by atoms with Gasteiger partial charge >= 0.3 is 0 Å². The van der Waals surface area contributed by atoms with Gasteiger partial charge in [0.2, 0.25) is 0 Å². The Morgan fingerprint density at radius 1 is 1.59 bits per heavy atom.